The van der Waals surface area contributed by atoms with Gasteiger partial charge in [-0.3, -0.25) is 4.79 Å². The maximum absolute atomic E-state index is 12.8. The number of nitrogens with one attached hydrogen (secondary N) is 1. The first-order valence-electron chi connectivity index (χ1n) is 9.37. The molecule has 6 nitrogen and oxygen atoms in total. The van der Waals surface area contributed by atoms with E-state index in [2.05, 4.69) is 4.98 Å². The predicted molar refractivity (Wildman–Crippen MR) is 101 cm³/mol. The third-order valence-electron chi connectivity index (χ3n) is 5.36. The number of fused-ring (bicyclic) bond motifs is 2. The third-order valence-corrected chi connectivity index (χ3v) is 5.36. The van der Waals surface area contributed by atoms with Crippen molar-refractivity contribution in [3.05, 3.63) is 53.9 Å². The molecular weight excluding hydrogens is 342 g/mol. The number of rotatable bonds is 3. The van der Waals surface area contributed by atoms with Crippen LogP contribution in [-0.2, 0) is 11.2 Å². The van der Waals surface area contributed by atoms with Gasteiger partial charge in [0.05, 0.1) is 17.5 Å². The number of aromatic nitrogens is 2. The summed E-state index contributed by atoms with van der Waals surface area (Å²) < 4.78 is 10.7. The van der Waals surface area contributed by atoms with Crippen molar-refractivity contribution in [3.8, 4) is 11.5 Å². The number of piperidine rings is 1. The highest BCUT2D eigenvalue weighted by Crippen LogP contribution is 2.33. The van der Waals surface area contributed by atoms with E-state index in [0.29, 0.717) is 13.0 Å². The SMILES string of the molecule is O=C(Cc1ccc2c(c1)OCO2)N1CCC[C@H](c2nc3ccccc3[nH]2)C1. The van der Waals surface area contributed by atoms with Crippen LogP contribution in [0.15, 0.2) is 42.5 Å². The molecule has 6 heteroatoms. The summed E-state index contributed by atoms with van der Waals surface area (Å²) >= 11 is 0. The van der Waals surface area contributed by atoms with Crippen LogP contribution in [0.25, 0.3) is 11.0 Å². The van der Waals surface area contributed by atoms with E-state index in [-0.39, 0.29) is 18.6 Å². The van der Waals surface area contributed by atoms with Gasteiger partial charge in [-0.05, 0) is 42.7 Å². The van der Waals surface area contributed by atoms with E-state index in [1.807, 2.05) is 47.4 Å². The van der Waals surface area contributed by atoms with Crippen molar-refractivity contribution in [1.29, 1.82) is 0 Å². The summed E-state index contributed by atoms with van der Waals surface area (Å²) in [5.74, 6) is 2.85. The first-order valence-corrected chi connectivity index (χ1v) is 9.37. The van der Waals surface area contributed by atoms with Gasteiger partial charge in [0.2, 0.25) is 12.7 Å². The van der Waals surface area contributed by atoms with Crippen LogP contribution in [0.2, 0.25) is 0 Å². The van der Waals surface area contributed by atoms with Crippen LogP contribution in [0.3, 0.4) is 0 Å². The van der Waals surface area contributed by atoms with Gasteiger partial charge in [0.15, 0.2) is 11.5 Å². The molecule has 2 aliphatic heterocycles. The summed E-state index contributed by atoms with van der Waals surface area (Å²) in [4.78, 5) is 23.0. The zero-order chi connectivity index (χ0) is 18.2. The molecule has 2 aliphatic rings. The first-order chi connectivity index (χ1) is 13.3. The molecule has 138 valence electrons. The number of carbonyl (C=O) groups is 1. The monoisotopic (exact) mass is 363 g/mol. The number of carbonyl (C=O) groups excluding carboxylic acids is 1. The van der Waals surface area contributed by atoms with Gasteiger partial charge in [-0.25, -0.2) is 4.98 Å². The fraction of sp³-hybridized carbons (Fsp3) is 0.333. The Kier molecular flexibility index (Phi) is 3.96. The first kappa shape index (κ1) is 16.2. The molecule has 1 amide bonds. The fourth-order valence-electron chi connectivity index (χ4n) is 3.93. The Morgan fingerprint density at radius 2 is 2.07 bits per heavy atom. The highest BCUT2D eigenvalue weighted by molar-refractivity contribution is 5.79. The van der Waals surface area contributed by atoms with Crippen LogP contribution in [0.1, 0.15) is 30.1 Å². The van der Waals surface area contributed by atoms with Gasteiger partial charge < -0.3 is 19.4 Å². The molecule has 1 aromatic heterocycles. The van der Waals surface area contributed by atoms with Gasteiger partial charge in [0.1, 0.15) is 5.82 Å². The van der Waals surface area contributed by atoms with Crippen LogP contribution in [0.4, 0.5) is 0 Å². The van der Waals surface area contributed by atoms with Gasteiger partial charge in [0, 0.05) is 19.0 Å². The minimum atomic E-state index is 0.148. The number of likely N-dealkylation sites (tertiary alicyclic amines) is 1. The second-order valence-electron chi connectivity index (χ2n) is 7.18. The Hall–Kier alpha value is -3.02. The van der Waals surface area contributed by atoms with Crippen molar-refractivity contribution >= 4 is 16.9 Å². The number of amides is 1. The van der Waals surface area contributed by atoms with Gasteiger partial charge in [-0.1, -0.05) is 18.2 Å². The van der Waals surface area contributed by atoms with Crippen LogP contribution in [-0.4, -0.2) is 40.7 Å². The molecule has 0 aliphatic carbocycles. The molecule has 0 bridgehead atoms. The highest BCUT2D eigenvalue weighted by atomic mass is 16.7. The van der Waals surface area contributed by atoms with Crippen molar-refractivity contribution in [2.75, 3.05) is 19.9 Å². The predicted octanol–water partition coefficient (Wildman–Crippen LogP) is 3.24. The standard InChI is InChI=1S/C21H21N3O3/c25-20(11-14-7-8-18-19(10-14)27-13-26-18)24-9-3-4-15(12-24)21-22-16-5-1-2-6-17(16)23-21/h1-2,5-8,10,15H,3-4,9,11-13H2,(H,22,23)/t15-/m0/s1. The summed E-state index contributed by atoms with van der Waals surface area (Å²) in [5, 5.41) is 0. The number of para-hydroxylation sites is 2. The minimum absolute atomic E-state index is 0.148. The number of H-pyrrole nitrogens is 1. The lowest BCUT2D eigenvalue weighted by Gasteiger charge is -2.32. The molecule has 0 unspecified atom stereocenters. The molecule has 1 atom stereocenters. The normalized spacial score (nSPS) is 18.8. The topological polar surface area (TPSA) is 67.5 Å². The van der Waals surface area contributed by atoms with Crippen molar-refractivity contribution in [1.82, 2.24) is 14.9 Å². The van der Waals surface area contributed by atoms with E-state index < -0.39 is 0 Å². The number of aromatic amines is 1. The van der Waals surface area contributed by atoms with Crippen molar-refractivity contribution in [3.63, 3.8) is 0 Å². The second-order valence-corrected chi connectivity index (χ2v) is 7.18. The van der Waals surface area contributed by atoms with Crippen molar-refractivity contribution in [2.45, 2.75) is 25.2 Å². The third kappa shape index (κ3) is 3.12. The molecule has 0 saturated carbocycles. The van der Waals surface area contributed by atoms with Crippen LogP contribution in [0.5, 0.6) is 11.5 Å². The number of benzene rings is 2. The Bertz CT molecular complexity index is 964. The number of nitrogens with zero attached hydrogens (tertiary/aromatic N) is 2. The van der Waals surface area contributed by atoms with E-state index in [4.69, 9.17) is 14.5 Å². The molecule has 1 N–H and O–H groups in total. The number of imidazole rings is 1. The summed E-state index contributed by atoms with van der Waals surface area (Å²) in [6, 6.07) is 13.8. The Morgan fingerprint density at radius 1 is 1.19 bits per heavy atom. The fourth-order valence-corrected chi connectivity index (χ4v) is 3.93. The van der Waals surface area contributed by atoms with E-state index in [0.717, 1.165) is 53.3 Å². The van der Waals surface area contributed by atoms with Gasteiger partial charge >= 0.3 is 0 Å². The molecular formula is C21H21N3O3. The molecule has 27 heavy (non-hydrogen) atoms. The summed E-state index contributed by atoms with van der Waals surface area (Å²) in [6.45, 7) is 1.77. The maximum atomic E-state index is 12.8. The number of ether oxygens (including phenoxy) is 2. The van der Waals surface area contributed by atoms with E-state index in [1.165, 1.54) is 0 Å². The Balaban J connectivity index is 1.29. The molecule has 0 spiro atoms. The van der Waals surface area contributed by atoms with Crippen LogP contribution >= 0.6 is 0 Å². The zero-order valence-electron chi connectivity index (χ0n) is 15.0. The maximum Gasteiger partial charge on any atom is 0.231 e. The van der Waals surface area contributed by atoms with Gasteiger partial charge in [0.25, 0.3) is 0 Å². The molecule has 2 aromatic carbocycles. The van der Waals surface area contributed by atoms with E-state index in [1.54, 1.807) is 0 Å². The molecule has 1 fully saturated rings. The molecule has 3 aromatic rings. The van der Waals surface area contributed by atoms with E-state index in [9.17, 15) is 4.79 Å². The van der Waals surface area contributed by atoms with Crippen molar-refractivity contribution < 1.29 is 14.3 Å². The molecule has 1 saturated heterocycles. The van der Waals surface area contributed by atoms with Crippen molar-refractivity contribution in [2.24, 2.45) is 0 Å². The quantitative estimate of drug-likeness (QED) is 0.776. The Morgan fingerprint density at radius 3 is 3.00 bits per heavy atom. The average molecular weight is 363 g/mol. The number of hydrogen-bond donors (Lipinski definition) is 1. The largest absolute Gasteiger partial charge is 0.454 e. The molecule has 3 heterocycles. The molecule has 0 radical (unpaired) electrons. The lowest BCUT2D eigenvalue weighted by Crippen LogP contribution is -2.40. The average Bonchev–Trinajstić information content (AvgIpc) is 3.34. The summed E-state index contributed by atoms with van der Waals surface area (Å²) in [7, 11) is 0. The number of hydrogen-bond acceptors (Lipinski definition) is 4. The van der Waals surface area contributed by atoms with Gasteiger partial charge in [-0.2, -0.15) is 0 Å². The lowest BCUT2D eigenvalue weighted by molar-refractivity contribution is -0.131. The second kappa shape index (κ2) is 6.61. The van der Waals surface area contributed by atoms with Crippen LogP contribution in [0, 0.1) is 0 Å². The summed E-state index contributed by atoms with van der Waals surface area (Å²) in [6.07, 6.45) is 2.42. The van der Waals surface area contributed by atoms with Crippen LogP contribution < -0.4 is 9.47 Å². The van der Waals surface area contributed by atoms with E-state index >= 15 is 0 Å². The zero-order valence-corrected chi connectivity index (χ0v) is 15.0. The van der Waals surface area contributed by atoms with Gasteiger partial charge in [-0.15, -0.1) is 0 Å². The highest BCUT2D eigenvalue weighted by Gasteiger charge is 2.27. The Labute approximate surface area is 157 Å². The minimum Gasteiger partial charge on any atom is -0.454 e. The summed E-state index contributed by atoms with van der Waals surface area (Å²) in [5.41, 5.74) is 2.99. The lowest BCUT2D eigenvalue weighted by atomic mass is 9.96. The smallest absolute Gasteiger partial charge is 0.231 e. The molecule has 5 rings (SSSR count).